The van der Waals surface area contributed by atoms with E-state index in [1.165, 1.54) is 0 Å². The summed E-state index contributed by atoms with van der Waals surface area (Å²) >= 11 is 2.03. The molecule has 1 N–H and O–H groups in total. The second-order valence-electron chi connectivity index (χ2n) is 3.92. The molecule has 0 aliphatic heterocycles. The Morgan fingerprint density at radius 1 is 1.33 bits per heavy atom. The Bertz CT molecular complexity index is 734. The van der Waals surface area contributed by atoms with Crippen LogP contribution < -0.4 is 4.74 Å². The van der Waals surface area contributed by atoms with Gasteiger partial charge in [0.25, 0.3) is 0 Å². The van der Waals surface area contributed by atoms with Crippen molar-refractivity contribution in [2.75, 3.05) is 0 Å². The van der Waals surface area contributed by atoms with Gasteiger partial charge in [0.05, 0.1) is 4.92 Å². The van der Waals surface area contributed by atoms with Crippen LogP contribution in [0.3, 0.4) is 0 Å². The van der Waals surface area contributed by atoms with Crippen LogP contribution in [0.4, 0.5) is 10.1 Å². The van der Waals surface area contributed by atoms with Crippen LogP contribution in [0.1, 0.15) is 10.4 Å². The Kier molecular flexibility index (Phi) is 4.36. The number of nitro groups is 1. The van der Waals surface area contributed by atoms with E-state index in [2.05, 4.69) is 0 Å². The van der Waals surface area contributed by atoms with Crippen molar-refractivity contribution in [1.82, 2.24) is 0 Å². The Labute approximate surface area is 131 Å². The van der Waals surface area contributed by atoms with Crippen molar-refractivity contribution in [2.45, 2.75) is 0 Å². The standard InChI is InChI=1S/C13H7FINO5/c14-10-6-12(21-8-3-1-2-7(15)4-8)11(16(19)20)5-9(10)13(17)18/h1-6H,(H,17,18). The van der Waals surface area contributed by atoms with Gasteiger partial charge < -0.3 is 9.84 Å². The highest BCUT2D eigenvalue weighted by Crippen LogP contribution is 2.34. The van der Waals surface area contributed by atoms with Crippen molar-refractivity contribution in [3.8, 4) is 11.5 Å². The van der Waals surface area contributed by atoms with Crippen LogP contribution in [0.15, 0.2) is 36.4 Å². The van der Waals surface area contributed by atoms with Crippen molar-refractivity contribution in [2.24, 2.45) is 0 Å². The molecular formula is C13H7FINO5. The van der Waals surface area contributed by atoms with Crippen molar-refractivity contribution >= 4 is 34.2 Å². The Morgan fingerprint density at radius 3 is 2.62 bits per heavy atom. The topological polar surface area (TPSA) is 89.7 Å². The van der Waals surface area contributed by atoms with Crippen LogP contribution >= 0.6 is 22.6 Å². The maximum Gasteiger partial charge on any atom is 0.338 e. The van der Waals surface area contributed by atoms with Gasteiger partial charge in [-0.25, -0.2) is 9.18 Å². The number of halogens is 2. The summed E-state index contributed by atoms with van der Waals surface area (Å²) in [4.78, 5) is 21.0. The number of hydrogen-bond acceptors (Lipinski definition) is 4. The normalized spacial score (nSPS) is 10.2. The number of hydrogen-bond donors (Lipinski definition) is 1. The second kappa shape index (κ2) is 6.04. The molecule has 0 spiro atoms. The van der Waals surface area contributed by atoms with Gasteiger partial charge in [-0.05, 0) is 40.8 Å². The zero-order valence-electron chi connectivity index (χ0n) is 10.2. The number of ether oxygens (including phenoxy) is 1. The molecule has 0 heterocycles. The summed E-state index contributed by atoms with van der Waals surface area (Å²) in [5, 5.41) is 19.8. The summed E-state index contributed by atoms with van der Waals surface area (Å²) in [5.74, 6) is -2.76. The highest BCUT2D eigenvalue weighted by Gasteiger charge is 2.23. The quantitative estimate of drug-likeness (QED) is 0.476. The molecule has 2 aromatic rings. The number of benzene rings is 2. The first kappa shape index (κ1) is 15.2. The van der Waals surface area contributed by atoms with E-state index in [-0.39, 0.29) is 11.5 Å². The molecular weight excluding hydrogens is 396 g/mol. The lowest BCUT2D eigenvalue weighted by atomic mass is 10.1. The summed E-state index contributed by atoms with van der Waals surface area (Å²) < 4.78 is 19.8. The lowest BCUT2D eigenvalue weighted by Crippen LogP contribution is -2.03. The van der Waals surface area contributed by atoms with Gasteiger partial charge >= 0.3 is 11.7 Å². The summed E-state index contributed by atoms with van der Waals surface area (Å²) in [6.45, 7) is 0. The van der Waals surface area contributed by atoms with Crippen LogP contribution in [0.5, 0.6) is 11.5 Å². The Morgan fingerprint density at radius 2 is 2.05 bits per heavy atom. The van der Waals surface area contributed by atoms with E-state index in [1.54, 1.807) is 24.3 Å². The van der Waals surface area contributed by atoms with Gasteiger partial charge in [-0.2, -0.15) is 0 Å². The summed E-state index contributed by atoms with van der Waals surface area (Å²) in [6.07, 6.45) is 0. The maximum absolute atomic E-state index is 13.6. The number of nitrogens with zero attached hydrogens (tertiary/aromatic N) is 1. The third-order valence-corrected chi connectivity index (χ3v) is 3.17. The first-order valence-corrected chi connectivity index (χ1v) is 6.61. The van der Waals surface area contributed by atoms with Gasteiger partial charge in [0.2, 0.25) is 5.75 Å². The molecule has 0 saturated heterocycles. The highest BCUT2D eigenvalue weighted by atomic mass is 127. The Hall–Kier alpha value is -2.23. The van der Waals surface area contributed by atoms with E-state index in [9.17, 15) is 19.3 Å². The van der Waals surface area contributed by atoms with Gasteiger partial charge in [-0.15, -0.1) is 0 Å². The highest BCUT2D eigenvalue weighted by molar-refractivity contribution is 14.1. The zero-order valence-corrected chi connectivity index (χ0v) is 12.4. The molecule has 0 saturated carbocycles. The van der Waals surface area contributed by atoms with Gasteiger partial charge in [-0.3, -0.25) is 10.1 Å². The first-order chi connectivity index (χ1) is 9.88. The van der Waals surface area contributed by atoms with Crippen molar-refractivity contribution in [3.05, 3.63) is 61.5 Å². The number of carbonyl (C=O) groups is 1. The number of carboxylic acid groups (broad SMARTS) is 1. The number of carboxylic acids is 1. The number of aromatic carboxylic acids is 1. The SMILES string of the molecule is O=C(O)c1cc([N+](=O)[O-])c(Oc2cccc(I)c2)cc1F. The largest absolute Gasteiger partial charge is 0.478 e. The van der Waals surface area contributed by atoms with Crippen molar-refractivity contribution in [3.63, 3.8) is 0 Å². The van der Waals surface area contributed by atoms with E-state index in [0.717, 1.165) is 3.57 Å². The zero-order chi connectivity index (χ0) is 15.6. The predicted octanol–water partition coefficient (Wildman–Crippen LogP) is 3.83. The molecule has 2 aromatic carbocycles. The minimum absolute atomic E-state index is 0.285. The van der Waals surface area contributed by atoms with Crippen LogP contribution in [-0.4, -0.2) is 16.0 Å². The van der Waals surface area contributed by atoms with Crippen molar-refractivity contribution in [1.29, 1.82) is 0 Å². The molecule has 108 valence electrons. The maximum atomic E-state index is 13.6. The molecule has 0 amide bonds. The van der Waals surface area contributed by atoms with E-state index in [1.807, 2.05) is 22.6 Å². The first-order valence-electron chi connectivity index (χ1n) is 5.53. The van der Waals surface area contributed by atoms with Gasteiger partial charge in [0, 0.05) is 15.7 Å². The average molecular weight is 403 g/mol. The minimum atomic E-state index is -1.59. The molecule has 21 heavy (non-hydrogen) atoms. The van der Waals surface area contributed by atoms with Gasteiger partial charge in [-0.1, -0.05) is 6.07 Å². The second-order valence-corrected chi connectivity index (χ2v) is 5.17. The third kappa shape index (κ3) is 3.45. The summed E-state index contributed by atoms with van der Waals surface area (Å²) in [6, 6.07) is 7.95. The average Bonchev–Trinajstić information content (AvgIpc) is 2.37. The molecule has 0 atom stereocenters. The van der Waals surface area contributed by atoms with Gasteiger partial charge in [0.1, 0.15) is 17.1 Å². The smallest absolute Gasteiger partial charge is 0.338 e. The molecule has 0 unspecified atom stereocenters. The lowest BCUT2D eigenvalue weighted by Gasteiger charge is -2.08. The third-order valence-electron chi connectivity index (χ3n) is 2.50. The molecule has 0 aromatic heterocycles. The predicted molar refractivity (Wildman–Crippen MR) is 79.2 cm³/mol. The molecule has 0 aliphatic rings. The van der Waals surface area contributed by atoms with E-state index in [0.29, 0.717) is 12.1 Å². The monoisotopic (exact) mass is 403 g/mol. The van der Waals surface area contributed by atoms with Crippen LogP contribution in [0, 0.1) is 19.5 Å². The summed E-state index contributed by atoms with van der Waals surface area (Å²) in [7, 11) is 0. The molecule has 0 fully saturated rings. The van der Waals surface area contributed by atoms with Crippen LogP contribution in [0.2, 0.25) is 0 Å². The molecule has 0 radical (unpaired) electrons. The molecule has 0 bridgehead atoms. The minimum Gasteiger partial charge on any atom is -0.478 e. The molecule has 0 aliphatic carbocycles. The van der Waals surface area contributed by atoms with Crippen LogP contribution in [0.25, 0.3) is 0 Å². The summed E-state index contributed by atoms with van der Waals surface area (Å²) in [5.41, 5.74) is -1.40. The number of rotatable bonds is 4. The van der Waals surface area contributed by atoms with Crippen LogP contribution in [-0.2, 0) is 0 Å². The fourth-order valence-corrected chi connectivity index (χ4v) is 2.10. The van der Waals surface area contributed by atoms with E-state index in [4.69, 9.17) is 9.84 Å². The lowest BCUT2D eigenvalue weighted by molar-refractivity contribution is -0.385. The van der Waals surface area contributed by atoms with Crippen molar-refractivity contribution < 1.29 is 24.0 Å². The Balaban J connectivity index is 2.50. The molecule has 8 heteroatoms. The number of nitro benzene ring substituents is 1. The molecule has 2 rings (SSSR count). The fraction of sp³-hybridized carbons (Fsp3) is 0. The molecule has 6 nitrogen and oxygen atoms in total. The van der Waals surface area contributed by atoms with E-state index >= 15 is 0 Å². The van der Waals surface area contributed by atoms with Gasteiger partial charge in [0.15, 0.2) is 0 Å². The fourth-order valence-electron chi connectivity index (χ4n) is 1.59. The van der Waals surface area contributed by atoms with E-state index < -0.39 is 28.0 Å².